The lowest BCUT2D eigenvalue weighted by Crippen LogP contribution is -2.55. The fourth-order valence-electron chi connectivity index (χ4n) is 4.36. The highest BCUT2D eigenvalue weighted by Crippen LogP contribution is 2.49. The van der Waals surface area contributed by atoms with Crippen molar-refractivity contribution in [2.75, 3.05) is 12.0 Å². The number of amides is 1. The van der Waals surface area contributed by atoms with Gasteiger partial charge in [-0.15, -0.1) is 0 Å². The number of phenolic OH excluding ortho intramolecular Hbond substituents is 1. The minimum Gasteiger partial charge on any atom is -0.507 e. The molecule has 172 valence electrons. The van der Waals surface area contributed by atoms with Gasteiger partial charge >= 0.3 is 0 Å². The molecule has 0 aliphatic carbocycles. The second kappa shape index (κ2) is 9.60. The van der Waals surface area contributed by atoms with Crippen LogP contribution < -0.4 is 15.4 Å². The molecule has 1 saturated heterocycles. The van der Waals surface area contributed by atoms with E-state index in [2.05, 4.69) is 0 Å². The van der Waals surface area contributed by atoms with Gasteiger partial charge < -0.3 is 25.6 Å². The second-order valence-electron chi connectivity index (χ2n) is 8.20. The Balaban J connectivity index is 1.59. The van der Waals surface area contributed by atoms with E-state index < -0.39 is 18.1 Å². The molecular formula is C26H27FN2O4. The summed E-state index contributed by atoms with van der Waals surface area (Å²) in [5.74, 6) is -0.314. The van der Waals surface area contributed by atoms with Crippen LogP contribution in [0.25, 0.3) is 0 Å². The number of ether oxygens (including phenoxy) is 1. The third-order valence-electron chi connectivity index (χ3n) is 6.23. The Bertz CT molecular complexity index is 1120. The molecule has 3 atom stereocenters. The van der Waals surface area contributed by atoms with Gasteiger partial charge in [0.2, 0.25) is 5.91 Å². The number of nitrogens with two attached hydrogens (primary N) is 1. The summed E-state index contributed by atoms with van der Waals surface area (Å²) in [6.45, 7) is 0.404. The first kappa shape index (κ1) is 22.8. The van der Waals surface area contributed by atoms with Gasteiger partial charge in [0.1, 0.15) is 17.3 Å². The van der Waals surface area contributed by atoms with Crippen molar-refractivity contribution in [2.24, 2.45) is 11.7 Å². The maximum Gasteiger partial charge on any atom is 0.233 e. The van der Waals surface area contributed by atoms with E-state index >= 15 is 0 Å². The zero-order chi connectivity index (χ0) is 23.5. The molecule has 0 bridgehead atoms. The number of aliphatic hydroxyl groups excluding tert-OH is 1. The normalized spacial score (nSPS) is 18.7. The number of halogens is 1. The molecule has 7 heteroatoms. The number of benzene rings is 3. The minimum atomic E-state index is -0.818. The van der Waals surface area contributed by atoms with E-state index in [-0.39, 0.29) is 17.5 Å². The Morgan fingerprint density at radius 1 is 1.09 bits per heavy atom. The topological polar surface area (TPSA) is 96.0 Å². The number of carbonyl (C=O) groups excluding carboxylic acids is 1. The third kappa shape index (κ3) is 4.55. The van der Waals surface area contributed by atoms with Crippen LogP contribution in [0.4, 0.5) is 10.1 Å². The van der Waals surface area contributed by atoms with Gasteiger partial charge in [-0.3, -0.25) is 4.79 Å². The summed E-state index contributed by atoms with van der Waals surface area (Å²) in [7, 11) is 1.52. The Morgan fingerprint density at radius 3 is 2.39 bits per heavy atom. The molecular weight excluding hydrogens is 423 g/mol. The molecule has 3 aromatic carbocycles. The third-order valence-corrected chi connectivity index (χ3v) is 6.23. The van der Waals surface area contributed by atoms with Crippen LogP contribution in [0, 0.1) is 11.7 Å². The van der Waals surface area contributed by atoms with Gasteiger partial charge in [0.25, 0.3) is 0 Å². The van der Waals surface area contributed by atoms with Gasteiger partial charge in [-0.1, -0.05) is 24.3 Å². The molecule has 1 fully saturated rings. The number of carbonyl (C=O) groups is 1. The summed E-state index contributed by atoms with van der Waals surface area (Å²) >= 11 is 0. The van der Waals surface area contributed by atoms with Crippen LogP contribution in [0.5, 0.6) is 11.5 Å². The van der Waals surface area contributed by atoms with Crippen molar-refractivity contribution in [3.8, 4) is 11.5 Å². The molecule has 0 saturated carbocycles. The molecule has 0 spiro atoms. The van der Waals surface area contributed by atoms with E-state index in [1.165, 1.54) is 25.3 Å². The molecule has 1 heterocycles. The first-order chi connectivity index (χ1) is 15.9. The highest BCUT2D eigenvalue weighted by atomic mass is 19.1. The molecule has 0 aromatic heterocycles. The Hall–Kier alpha value is -3.42. The van der Waals surface area contributed by atoms with Crippen LogP contribution >= 0.6 is 0 Å². The summed E-state index contributed by atoms with van der Waals surface area (Å²) in [4.78, 5) is 14.9. The Morgan fingerprint density at radius 2 is 1.79 bits per heavy atom. The maximum atomic E-state index is 13.2. The number of anilines is 1. The van der Waals surface area contributed by atoms with Crippen LogP contribution in [0.2, 0.25) is 0 Å². The lowest BCUT2D eigenvalue weighted by atomic mass is 9.78. The molecule has 4 rings (SSSR count). The first-order valence-electron chi connectivity index (χ1n) is 10.9. The number of hydrogen-bond acceptors (Lipinski definition) is 5. The molecule has 6 nitrogen and oxygen atoms in total. The summed E-state index contributed by atoms with van der Waals surface area (Å²) < 4.78 is 18.4. The van der Waals surface area contributed by atoms with Crippen molar-refractivity contribution in [1.82, 2.24) is 0 Å². The lowest BCUT2D eigenvalue weighted by molar-refractivity contribution is -0.131. The summed E-state index contributed by atoms with van der Waals surface area (Å²) in [6, 6.07) is 17.8. The fraction of sp³-hybridized carbons (Fsp3) is 0.269. The van der Waals surface area contributed by atoms with Gasteiger partial charge in [-0.25, -0.2) is 4.39 Å². The summed E-state index contributed by atoms with van der Waals surface area (Å²) in [5.41, 5.74) is 8.57. The summed E-state index contributed by atoms with van der Waals surface area (Å²) in [6.07, 6.45) is -0.0817. The molecule has 33 heavy (non-hydrogen) atoms. The minimum absolute atomic E-state index is 0.0412. The molecule has 1 amide bonds. The quantitative estimate of drug-likeness (QED) is 0.447. The number of rotatable bonds is 8. The molecule has 2 unspecified atom stereocenters. The van der Waals surface area contributed by atoms with E-state index in [1.54, 1.807) is 29.2 Å². The largest absolute Gasteiger partial charge is 0.507 e. The number of nitrogens with zero attached hydrogens (tertiary/aromatic N) is 1. The van der Waals surface area contributed by atoms with Gasteiger partial charge in [0, 0.05) is 23.9 Å². The monoisotopic (exact) mass is 450 g/mol. The van der Waals surface area contributed by atoms with E-state index in [0.717, 1.165) is 5.56 Å². The van der Waals surface area contributed by atoms with Gasteiger partial charge in [0.15, 0.2) is 0 Å². The van der Waals surface area contributed by atoms with Crippen LogP contribution in [-0.4, -0.2) is 23.2 Å². The number of β-lactam (4-membered cyclic amide) rings is 1. The molecule has 3 aromatic rings. The zero-order valence-electron chi connectivity index (χ0n) is 18.3. The van der Waals surface area contributed by atoms with Crippen LogP contribution in [0.3, 0.4) is 0 Å². The van der Waals surface area contributed by atoms with Gasteiger partial charge in [0.05, 0.1) is 25.2 Å². The standard InChI is InChI=1S/C26H27FN2O4/c1-33-20-10-11-21(24(31)14-20)25-22(12-13-23(30)17-4-6-18(27)7-5-17)26(32)29(25)19-8-2-16(15-28)3-9-19/h2-11,14,22-23,25,30-31H,12-13,15,28H2,1H3/t22?,23?,25-/m1/s1. The zero-order valence-corrected chi connectivity index (χ0v) is 18.3. The van der Waals surface area contributed by atoms with E-state index in [4.69, 9.17) is 10.5 Å². The highest BCUT2D eigenvalue weighted by Gasteiger charge is 2.49. The SMILES string of the molecule is COc1ccc([C@@H]2C(CCC(O)c3ccc(F)cc3)C(=O)N2c2ccc(CN)cc2)c(O)c1. The average molecular weight is 451 g/mol. The molecule has 1 aliphatic rings. The van der Waals surface area contributed by atoms with Crippen molar-refractivity contribution in [3.63, 3.8) is 0 Å². The summed E-state index contributed by atoms with van der Waals surface area (Å²) in [5, 5.41) is 21.2. The molecule has 1 aliphatic heterocycles. The van der Waals surface area contributed by atoms with Crippen LogP contribution in [-0.2, 0) is 11.3 Å². The highest BCUT2D eigenvalue weighted by molar-refractivity contribution is 6.03. The predicted octanol–water partition coefficient (Wildman–Crippen LogP) is 4.22. The smallest absolute Gasteiger partial charge is 0.233 e. The first-order valence-corrected chi connectivity index (χ1v) is 10.9. The van der Waals surface area contributed by atoms with Gasteiger partial charge in [-0.2, -0.15) is 0 Å². The number of aliphatic hydroxyl groups is 1. The van der Waals surface area contributed by atoms with Crippen LogP contribution in [0.15, 0.2) is 66.7 Å². The molecule has 4 N–H and O–H groups in total. The number of hydrogen-bond donors (Lipinski definition) is 3. The van der Waals surface area contributed by atoms with E-state index in [1.807, 2.05) is 24.3 Å². The molecule has 0 radical (unpaired) electrons. The predicted molar refractivity (Wildman–Crippen MR) is 123 cm³/mol. The van der Waals surface area contributed by atoms with Crippen molar-refractivity contribution in [1.29, 1.82) is 0 Å². The van der Waals surface area contributed by atoms with Crippen LogP contribution in [0.1, 0.15) is 41.7 Å². The van der Waals surface area contributed by atoms with Crippen molar-refractivity contribution >= 4 is 11.6 Å². The maximum absolute atomic E-state index is 13.2. The van der Waals surface area contributed by atoms with Gasteiger partial charge in [-0.05, 0) is 60.4 Å². The Labute approximate surface area is 192 Å². The van der Waals surface area contributed by atoms with Crippen molar-refractivity contribution < 1.29 is 24.1 Å². The Kier molecular flexibility index (Phi) is 6.62. The fourth-order valence-corrected chi connectivity index (χ4v) is 4.36. The van der Waals surface area contributed by atoms with E-state index in [9.17, 15) is 19.4 Å². The number of methoxy groups -OCH3 is 1. The van der Waals surface area contributed by atoms with E-state index in [0.29, 0.717) is 42.0 Å². The number of phenols is 1. The lowest BCUT2D eigenvalue weighted by Gasteiger charge is -2.48. The van der Waals surface area contributed by atoms with Crippen molar-refractivity contribution in [3.05, 3.63) is 89.2 Å². The second-order valence-corrected chi connectivity index (χ2v) is 8.20. The van der Waals surface area contributed by atoms with Crippen molar-refractivity contribution in [2.45, 2.75) is 31.5 Å². The number of aromatic hydroxyl groups is 1. The average Bonchev–Trinajstić information content (AvgIpc) is 2.83.